The molecule has 1 aromatic rings. The molecule has 0 heterocycles. The second-order valence-corrected chi connectivity index (χ2v) is 3.41. The van der Waals surface area contributed by atoms with Gasteiger partial charge in [0, 0.05) is 5.92 Å². The molecule has 0 aromatic heterocycles. The molecular formula is C9H10BrF. The third-order valence-electron chi connectivity index (χ3n) is 1.70. The van der Waals surface area contributed by atoms with E-state index in [1.807, 2.05) is 37.3 Å². The van der Waals surface area contributed by atoms with Crippen LogP contribution in [0.5, 0.6) is 0 Å². The average Bonchev–Trinajstić information content (AvgIpc) is 2.05. The maximum absolute atomic E-state index is 12.7. The SMILES string of the molecule is CC(c1ccccc1)C(F)Br. The zero-order valence-electron chi connectivity index (χ0n) is 6.30. The van der Waals surface area contributed by atoms with Gasteiger partial charge >= 0.3 is 0 Å². The molecule has 0 bridgehead atoms. The number of benzene rings is 1. The van der Waals surface area contributed by atoms with E-state index in [1.54, 1.807) is 0 Å². The van der Waals surface area contributed by atoms with Crippen LogP contribution in [-0.2, 0) is 0 Å². The van der Waals surface area contributed by atoms with Gasteiger partial charge in [-0.15, -0.1) is 0 Å². The Balaban J connectivity index is 2.77. The molecule has 0 saturated carbocycles. The van der Waals surface area contributed by atoms with Gasteiger partial charge in [-0.1, -0.05) is 53.2 Å². The van der Waals surface area contributed by atoms with Crippen molar-refractivity contribution in [1.29, 1.82) is 0 Å². The minimum atomic E-state index is -0.954. The highest BCUT2D eigenvalue weighted by molar-refractivity contribution is 9.09. The van der Waals surface area contributed by atoms with Crippen LogP contribution in [0.4, 0.5) is 4.39 Å². The quantitative estimate of drug-likeness (QED) is 0.665. The predicted molar refractivity (Wildman–Crippen MR) is 48.7 cm³/mol. The lowest BCUT2D eigenvalue weighted by Gasteiger charge is -2.10. The van der Waals surface area contributed by atoms with Crippen molar-refractivity contribution in [2.24, 2.45) is 0 Å². The number of hydrogen-bond acceptors (Lipinski definition) is 0. The lowest BCUT2D eigenvalue weighted by atomic mass is 10.0. The van der Waals surface area contributed by atoms with Gasteiger partial charge in [0.15, 0.2) is 5.08 Å². The number of alkyl halides is 2. The summed E-state index contributed by atoms with van der Waals surface area (Å²) in [5.41, 5.74) is 1.02. The summed E-state index contributed by atoms with van der Waals surface area (Å²) in [6, 6.07) is 9.62. The molecular weight excluding hydrogens is 207 g/mol. The van der Waals surface area contributed by atoms with Crippen LogP contribution < -0.4 is 0 Å². The maximum Gasteiger partial charge on any atom is 0.161 e. The van der Waals surface area contributed by atoms with E-state index in [0.29, 0.717) is 0 Å². The van der Waals surface area contributed by atoms with Crippen LogP contribution in [0.2, 0.25) is 0 Å². The van der Waals surface area contributed by atoms with E-state index in [-0.39, 0.29) is 5.92 Å². The van der Waals surface area contributed by atoms with E-state index in [1.165, 1.54) is 0 Å². The summed E-state index contributed by atoms with van der Waals surface area (Å²) < 4.78 is 12.7. The van der Waals surface area contributed by atoms with Crippen LogP contribution in [0.3, 0.4) is 0 Å². The van der Waals surface area contributed by atoms with Gasteiger partial charge in [0.2, 0.25) is 0 Å². The molecule has 2 heteroatoms. The van der Waals surface area contributed by atoms with Gasteiger partial charge < -0.3 is 0 Å². The van der Waals surface area contributed by atoms with Gasteiger partial charge in [-0.3, -0.25) is 0 Å². The number of rotatable bonds is 2. The number of hydrogen-bond donors (Lipinski definition) is 0. The minimum absolute atomic E-state index is 0.0730. The van der Waals surface area contributed by atoms with Crippen molar-refractivity contribution in [3.05, 3.63) is 35.9 Å². The fourth-order valence-corrected chi connectivity index (χ4v) is 1.21. The Morgan fingerprint density at radius 1 is 1.27 bits per heavy atom. The highest BCUT2D eigenvalue weighted by Gasteiger charge is 2.13. The molecule has 1 rings (SSSR count). The molecule has 2 atom stereocenters. The molecule has 0 nitrogen and oxygen atoms in total. The molecule has 0 aliphatic rings. The lowest BCUT2D eigenvalue weighted by Crippen LogP contribution is -2.01. The molecule has 0 amide bonds. The molecule has 60 valence electrons. The van der Waals surface area contributed by atoms with Crippen molar-refractivity contribution in [3.8, 4) is 0 Å². The van der Waals surface area contributed by atoms with Crippen LogP contribution in [0.25, 0.3) is 0 Å². The molecule has 0 radical (unpaired) electrons. The zero-order valence-corrected chi connectivity index (χ0v) is 7.88. The molecule has 0 saturated heterocycles. The second-order valence-electron chi connectivity index (χ2n) is 2.53. The molecule has 1 aromatic carbocycles. The maximum atomic E-state index is 12.7. The summed E-state index contributed by atoms with van der Waals surface area (Å²) in [6.07, 6.45) is 0. The van der Waals surface area contributed by atoms with E-state index < -0.39 is 5.08 Å². The third kappa shape index (κ3) is 2.29. The highest BCUT2D eigenvalue weighted by atomic mass is 79.9. The van der Waals surface area contributed by atoms with Crippen molar-refractivity contribution in [2.45, 2.75) is 17.9 Å². The molecule has 2 unspecified atom stereocenters. The van der Waals surface area contributed by atoms with Crippen molar-refractivity contribution in [2.75, 3.05) is 0 Å². The second kappa shape index (κ2) is 3.86. The summed E-state index contributed by atoms with van der Waals surface area (Å²) in [4.78, 5) is 0. The van der Waals surface area contributed by atoms with Gasteiger partial charge in [0.05, 0.1) is 0 Å². The smallest absolute Gasteiger partial charge is 0.161 e. The minimum Gasteiger partial charge on any atom is -0.234 e. The Labute approximate surface area is 74.6 Å². The van der Waals surface area contributed by atoms with Gasteiger partial charge in [-0.2, -0.15) is 0 Å². The molecule has 0 fully saturated rings. The van der Waals surface area contributed by atoms with E-state index in [4.69, 9.17) is 0 Å². The summed E-state index contributed by atoms with van der Waals surface area (Å²) in [5, 5.41) is -0.954. The molecule has 0 aliphatic carbocycles. The Hall–Kier alpha value is -0.370. The first-order valence-corrected chi connectivity index (χ1v) is 4.46. The first kappa shape index (κ1) is 8.72. The van der Waals surface area contributed by atoms with Crippen molar-refractivity contribution < 1.29 is 4.39 Å². The van der Waals surface area contributed by atoms with Crippen LogP contribution in [-0.4, -0.2) is 5.08 Å². The normalized spacial score (nSPS) is 15.9. The van der Waals surface area contributed by atoms with Crippen molar-refractivity contribution >= 4 is 15.9 Å². The molecule has 0 aliphatic heterocycles. The average molecular weight is 217 g/mol. The first-order valence-electron chi connectivity index (χ1n) is 3.55. The van der Waals surface area contributed by atoms with Gasteiger partial charge in [-0.05, 0) is 5.56 Å². The number of halogens is 2. The summed E-state index contributed by atoms with van der Waals surface area (Å²) in [7, 11) is 0. The van der Waals surface area contributed by atoms with Crippen LogP contribution in [0.15, 0.2) is 30.3 Å². The Morgan fingerprint density at radius 3 is 2.27 bits per heavy atom. The molecule has 0 N–H and O–H groups in total. The fourth-order valence-electron chi connectivity index (χ4n) is 0.902. The highest BCUT2D eigenvalue weighted by Crippen LogP contribution is 2.24. The van der Waals surface area contributed by atoms with Gasteiger partial charge in [0.25, 0.3) is 0 Å². The van der Waals surface area contributed by atoms with Crippen LogP contribution >= 0.6 is 15.9 Å². The Bertz CT molecular complexity index is 208. The molecule has 0 spiro atoms. The summed E-state index contributed by atoms with van der Waals surface area (Å²) >= 11 is 2.91. The van der Waals surface area contributed by atoms with Crippen LogP contribution in [0.1, 0.15) is 18.4 Å². The summed E-state index contributed by atoms with van der Waals surface area (Å²) in [6.45, 7) is 1.86. The Kier molecular flexibility index (Phi) is 3.06. The third-order valence-corrected chi connectivity index (χ3v) is 2.50. The Morgan fingerprint density at radius 2 is 1.82 bits per heavy atom. The lowest BCUT2D eigenvalue weighted by molar-refractivity contribution is 0.413. The zero-order chi connectivity index (χ0) is 8.27. The summed E-state index contributed by atoms with van der Waals surface area (Å²) in [5.74, 6) is -0.0730. The monoisotopic (exact) mass is 216 g/mol. The fraction of sp³-hybridized carbons (Fsp3) is 0.333. The van der Waals surface area contributed by atoms with E-state index in [9.17, 15) is 4.39 Å². The van der Waals surface area contributed by atoms with Gasteiger partial charge in [-0.25, -0.2) is 4.39 Å². The topological polar surface area (TPSA) is 0 Å². The van der Waals surface area contributed by atoms with E-state index >= 15 is 0 Å². The van der Waals surface area contributed by atoms with Crippen LogP contribution in [0, 0.1) is 0 Å². The van der Waals surface area contributed by atoms with Crippen molar-refractivity contribution in [3.63, 3.8) is 0 Å². The largest absolute Gasteiger partial charge is 0.234 e. The van der Waals surface area contributed by atoms with Crippen molar-refractivity contribution in [1.82, 2.24) is 0 Å². The van der Waals surface area contributed by atoms with E-state index in [2.05, 4.69) is 15.9 Å². The predicted octanol–water partition coefficient (Wildman–Crippen LogP) is 3.48. The first-order chi connectivity index (χ1) is 5.22. The molecule has 11 heavy (non-hydrogen) atoms. The standard InChI is InChI=1S/C9H10BrF/c1-7(9(10)11)8-5-3-2-4-6-8/h2-7,9H,1H3. The van der Waals surface area contributed by atoms with Gasteiger partial charge in [0.1, 0.15) is 0 Å². The van der Waals surface area contributed by atoms with E-state index in [0.717, 1.165) is 5.56 Å².